The van der Waals surface area contributed by atoms with Gasteiger partial charge in [0, 0.05) is 29.6 Å². The van der Waals surface area contributed by atoms with Gasteiger partial charge in [0.15, 0.2) is 6.29 Å². The van der Waals surface area contributed by atoms with E-state index in [1.165, 1.54) is 12.1 Å². The fourth-order valence-electron chi connectivity index (χ4n) is 2.43. The molecule has 2 heterocycles. The number of nitrogens with zero attached hydrogens (tertiary/aromatic N) is 3. The maximum atomic E-state index is 13.0. The first-order valence-corrected chi connectivity index (χ1v) is 6.74. The molecule has 0 unspecified atom stereocenters. The number of carbonyl (C=O) groups excluding carboxylic acids is 1. The van der Waals surface area contributed by atoms with Crippen LogP contribution in [-0.4, -0.2) is 21.0 Å². The highest BCUT2D eigenvalue weighted by atomic mass is 19.1. The third kappa shape index (κ3) is 2.13. The Hall–Kier alpha value is -2.76. The van der Waals surface area contributed by atoms with Crippen LogP contribution in [0.25, 0.3) is 22.8 Å². The molecule has 0 spiro atoms. The minimum Gasteiger partial charge on any atom is -0.351 e. The number of aldehydes is 1. The maximum absolute atomic E-state index is 13.0. The molecule has 0 aliphatic rings. The number of halogens is 1. The lowest BCUT2D eigenvalue weighted by molar-refractivity contribution is 0.112. The normalized spacial score (nSPS) is 10.9. The summed E-state index contributed by atoms with van der Waals surface area (Å²) in [4.78, 5) is 15.7. The lowest BCUT2D eigenvalue weighted by atomic mass is 10.1. The van der Waals surface area contributed by atoms with E-state index in [1.54, 1.807) is 12.1 Å². The molecule has 3 aromatic rings. The Morgan fingerprint density at radius 1 is 1.18 bits per heavy atom. The second kappa shape index (κ2) is 5.22. The van der Waals surface area contributed by atoms with Gasteiger partial charge in [-0.25, -0.2) is 4.39 Å². The van der Waals surface area contributed by atoms with Crippen molar-refractivity contribution in [3.05, 3.63) is 47.0 Å². The third-order valence-electron chi connectivity index (χ3n) is 3.89. The molecule has 5 nitrogen and oxygen atoms in total. The molecule has 0 fully saturated rings. The quantitative estimate of drug-likeness (QED) is 0.696. The molecule has 112 valence electrons. The van der Waals surface area contributed by atoms with Gasteiger partial charge in [0.1, 0.15) is 5.82 Å². The zero-order valence-electron chi connectivity index (χ0n) is 12.4. The van der Waals surface area contributed by atoms with Crippen LogP contribution in [0.4, 0.5) is 4.39 Å². The monoisotopic (exact) mass is 299 g/mol. The van der Waals surface area contributed by atoms with Gasteiger partial charge < -0.3 is 9.09 Å². The average molecular weight is 299 g/mol. The Balaban J connectivity index is 2.10. The summed E-state index contributed by atoms with van der Waals surface area (Å²) < 4.78 is 20.2. The van der Waals surface area contributed by atoms with Crippen LogP contribution in [-0.2, 0) is 7.05 Å². The zero-order valence-corrected chi connectivity index (χ0v) is 12.4. The molecule has 0 amide bonds. The molecule has 1 aromatic carbocycles. The largest absolute Gasteiger partial charge is 0.351 e. The molecular formula is C16H14FN3O2. The van der Waals surface area contributed by atoms with Gasteiger partial charge in [-0.1, -0.05) is 5.16 Å². The molecule has 3 rings (SSSR count). The molecule has 0 radical (unpaired) electrons. The minimum atomic E-state index is -0.328. The van der Waals surface area contributed by atoms with Crippen molar-refractivity contribution in [2.24, 2.45) is 7.05 Å². The lowest BCUT2D eigenvalue weighted by Crippen LogP contribution is -1.93. The van der Waals surface area contributed by atoms with Crippen LogP contribution in [0.1, 0.15) is 21.7 Å². The smallest absolute Gasteiger partial charge is 0.260 e. The van der Waals surface area contributed by atoms with Crippen LogP contribution in [0.5, 0.6) is 0 Å². The van der Waals surface area contributed by atoms with Crippen LogP contribution in [0, 0.1) is 19.7 Å². The second-order valence-electron chi connectivity index (χ2n) is 5.07. The molecule has 0 saturated carbocycles. The number of benzene rings is 1. The van der Waals surface area contributed by atoms with Gasteiger partial charge in [-0.05, 0) is 38.1 Å². The summed E-state index contributed by atoms with van der Waals surface area (Å²) in [5.41, 5.74) is 3.53. The average Bonchev–Trinajstić information content (AvgIpc) is 3.07. The maximum Gasteiger partial charge on any atom is 0.260 e. The highest BCUT2D eigenvalue weighted by Gasteiger charge is 2.22. The Labute approximate surface area is 126 Å². The Bertz CT molecular complexity index is 847. The number of hydrogen-bond donors (Lipinski definition) is 0. The van der Waals surface area contributed by atoms with E-state index >= 15 is 0 Å². The number of hydrogen-bond acceptors (Lipinski definition) is 4. The summed E-state index contributed by atoms with van der Waals surface area (Å²) in [6.07, 6.45) is 0.791. The molecule has 22 heavy (non-hydrogen) atoms. The van der Waals surface area contributed by atoms with Crippen LogP contribution in [0.2, 0.25) is 0 Å². The highest BCUT2D eigenvalue weighted by molar-refractivity contribution is 5.88. The molecule has 0 N–H and O–H groups in total. The van der Waals surface area contributed by atoms with Crippen molar-refractivity contribution < 1.29 is 13.7 Å². The van der Waals surface area contributed by atoms with Gasteiger partial charge >= 0.3 is 0 Å². The van der Waals surface area contributed by atoms with Crippen LogP contribution < -0.4 is 0 Å². The summed E-state index contributed by atoms with van der Waals surface area (Å²) in [5, 5.41) is 3.91. The fourth-order valence-corrected chi connectivity index (χ4v) is 2.43. The van der Waals surface area contributed by atoms with E-state index in [0.29, 0.717) is 22.5 Å². The standard InChI is InChI=1S/C16H14FN3O2/c1-9-13(8-21)14(10(2)20(9)3)16-18-15(19-22-16)11-4-6-12(17)7-5-11/h4-8H,1-3H3. The fraction of sp³-hybridized carbons (Fsp3) is 0.188. The molecule has 0 aliphatic heterocycles. The SMILES string of the molecule is Cc1c(C=O)c(-c2nc(-c3ccc(F)cc3)no2)c(C)n1C. The molecule has 0 atom stereocenters. The van der Waals surface area contributed by atoms with Crippen LogP contribution in [0.15, 0.2) is 28.8 Å². The van der Waals surface area contributed by atoms with Crippen molar-refractivity contribution in [3.8, 4) is 22.8 Å². The summed E-state index contributed by atoms with van der Waals surface area (Å²) >= 11 is 0. The minimum absolute atomic E-state index is 0.280. The van der Waals surface area contributed by atoms with Crippen LogP contribution >= 0.6 is 0 Å². The van der Waals surface area contributed by atoms with Crippen molar-refractivity contribution in [3.63, 3.8) is 0 Å². The number of rotatable bonds is 3. The summed E-state index contributed by atoms with van der Waals surface area (Å²) in [7, 11) is 1.87. The van der Waals surface area contributed by atoms with Crippen molar-refractivity contribution in [2.45, 2.75) is 13.8 Å². The van der Waals surface area contributed by atoms with Crippen molar-refractivity contribution >= 4 is 6.29 Å². The van der Waals surface area contributed by atoms with Gasteiger partial charge in [0.05, 0.1) is 5.56 Å². The number of carbonyl (C=O) groups is 1. The molecule has 0 saturated heterocycles. The predicted molar refractivity (Wildman–Crippen MR) is 79.0 cm³/mol. The van der Waals surface area contributed by atoms with E-state index in [1.807, 2.05) is 25.5 Å². The van der Waals surface area contributed by atoms with Gasteiger partial charge in [-0.3, -0.25) is 4.79 Å². The predicted octanol–water partition coefficient (Wildman–Crippen LogP) is 3.31. The van der Waals surface area contributed by atoms with E-state index in [9.17, 15) is 9.18 Å². The summed E-state index contributed by atoms with van der Waals surface area (Å²) in [6.45, 7) is 3.74. The van der Waals surface area contributed by atoms with E-state index in [0.717, 1.165) is 17.7 Å². The van der Waals surface area contributed by atoms with Gasteiger partial charge in [0.25, 0.3) is 5.89 Å². The second-order valence-corrected chi connectivity index (χ2v) is 5.07. The third-order valence-corrected chi connectivity index (χ3v) is 3.89. The van der Waals surface area contributed by atoms with E-state index in [2.05, 4.69) is 10.1 Å². The first-order chi connectivity index (χ1) is 10.5. The van der Waals surface area contributed by atoms with Gasteiger partial charge in [0.2, 0.25) is 5.82 Å². The van der Waals surface area contributed by atoms with E-state index < -0.39 is 0 Å². The zero-order chi connectivity index (χ0) is 15.9. The van der Waals surface area contributed by atoms with Gasteiger partial charge in [-0.15, -0.1) is 0 Å². The summed E-state index contributed by atoms with van der Waals surface area (Å²) in [5.74, 6) is 0.306. The molecule has 6 heteroatoms. The molecule has 0 aliphatic carbocycles. The van der Waals surface area contributed by atoms with Gasteiger partial charge in [-0.2, -0.15) is 4.98 Å². The van der Waals surface area contributed by atoms with E-state index in [-0.39, 0.29) is 11.7 Å². The molecule has 2 aromatic heterocycles. The highest BCUT2D eigenvalue weighted by Crippen LogP contribution is 2.30. The van der Waals surface area contributed by atoms with E-state index in [4.69, 9.17) is 4.52 Å². The summed E-state index contributed by atoms with van der Waals surface area (Å²) in [6, 6.07) is 5.82. The Morgan fingerprint density at radius 2 is 1.86 bits per heavy atom. The Kier molecular flexibility index (Phi) is 3.36. The van der Waals surface area contributed by atoms with Crippen molar-refractivity contribution in [1.29, 1.82) is 0 Å². The first-order valence-electron chi connectivity index (χ1n) is 6.74. The molecular weight excluding hydrogens is 285 g/mol. The lowest BCUT2D eigenvalue weighted by Gasteiger charge is -1.98. The first kappa shape index (κ1) is 14.2. The number of aromatic nitrogens is 3. The Morgan fingerprint density at radius 3 is 2.50 bits per heavy atom. The topological polar surface area (TPSA) is 60.9 Å². The van der Waals surface area contributed by atoms with Crippen molar-refractivity contribution in [1.82, 2.24) is 14.7 Å². The molecule has 0 bridgehead atoms. The van der Waals surface area contributed by atoms with Crippen LogP contribution in [0.3, 0.4) is 0 Å². The van der Waals surface area contributed by atoms with Crippen molar-refractivity contribution in [2.75, 3.05) is 0 Å².